The molecule has 0 aromatic carbocycles. The van der Waals surface area contributed by atoms with E-state index < -0.39 is 11.5 Å². The van der Waals surface area contributed by atoms with Crippen molar-refractivity contribution in [2.45, 2.75) is 18.5 Å². The first-order chi connectivity index (χ1) is 7.12. The quantitative estimate of drug-likeness (QED) is 0.708. The van der Waals surface area contributed by atoms with Gasteiger partial charge in [-0.25, -0.2) is 8.78 Å². The minimum absolute atomic E-state index is 0.0295. The molecule has 82 valence electrons. The fourth-order valence-corrected chi connectivity index (χ4v) is 1.93. The number of hydrogen-bond acceptors (Lipinski definition) is 2. The molecule has 1 aliphatic rings. The molecule has 1 aliphatic heterocycles. The summed E-state index contributed by atoms with van der Waals surface area (Å²) >= 11 is 0. The van der Waals surface area contributed by atoms with Crippen molar-refractivity contribution in [1.29, 1.82) is 0 Å². The van der Waals surface area contributed by atoms with Crippen LogP contribution in [0.4, 0.5) is 8.78 Å². The number of likely N-dealkylation sites (tertiary alicyclic amines) is 1. The third kappa shape index (κ3) is 2.00. The van der Waals surface area contributed by atoms with Gasteiger partial charge in [-0.2, -0.15) is 0 Å². The van der Waals surface area contributed by atoms with E-state index >= 15 is 0 Å². The summed E-state index contributed by atoms with van der Waals surface area (Å²) in [5.41, 5.74) is -1.61. The molecule has 1 fully saturated rings. The van der Waals surface area contributed by atoms with E-state index in [0.717, 1.165) is 0 Å². The summed E-state index contributed by atoms with van der Waals surface area (Å²) in [6.07, 6.45) is 2.08. The Balaban J connectivity index is 2.26. The van der Waals surface area contributed by atoms with Crippen LogP contribution in [0, 0.1) is 5.82 Å². The average molecular weight is 212 g/mol. The highest BCUT2D eigenvalue weighted by atomic mass is 19.1. The predicted molar refractivity (Wildman–Crippen MR) is 53.7 cm³/mol. The zero-order valence-corrected chi connectivity index (χ0v) is 8.71. The molecule has 1 saturated heterocycles. The van der Waals surface area contributed by atoms with Crippen LogP contribution >= 0.6 is 0 Å². The van der Waals surface area contributed by atoms with Gasteiger partial charge in [-0.05, 0) is 19.2 Å². The number of aromatic nitrogens is 1. The van der Waals surface area contributed by atoms with Crippen molar-refractivity contribution in [2.24, 2.45) is 0 Å². The molecule has 0 bridgehead atoms. The highest BCUT2D eigenvalue weighted by Crippen LogP contribution is 2.36. The fraction of sp³-hybridized carbons (Fsp3) is 0.545. The lowest BCUT2D eigenvalue weighted by Crippen LogP contribution is -2.39. The molecule has 0 atom stereocenters. The van der Waals surface area contributed by atoms with Gasteiger partial charge in [-0.3, -0.25) is 4.98 Å². The van der Waals surface area contributed by atoms with Crippen molar-refractivity contribution < 1.29 is 8.78 Å². The summed E-state index contributed by atoms with van der Waals surface area (Å²) in [6, 6.07) is 2.75. The number of alkyl halides is 1. The third-order valence-corrected chi connectivity index (χ3v) is 2.96. The lowest BCUT2D eigenvalue weighted by Gasteiger charge is -2.33. The standard InChI is InChI=1S/C11H14F2N2/c1-15-7-4-11(13,5-8-15)10-9(12)3-2-6-14-10/h2-3,6H,4-5,7-8H2,1H3. The van der Waals surface area contributed by atoms with E-state index in [2.05, 4.69) is 4.98 Å². The highest BCUT2D eigenvalue weighted by Gasteiger charge is 2.38. The monoisotopic (exact) mass is 212 g/mol. The number of piperidine rings is 1. The maximum absolute atomic E-state index is 14.4. The Hall–Kier alpha value is -1.03. The van der Waals surface area contributed by atoms with Crippen LogP contribution in [0.3, 0.4) is 0 Å². The second-order valence-corrected chi connectivity index (χ2v) is 4.10. The van der Waals surface area contributed by atoms with E-state index in [1.165, 1.54) is 18.3 Å². The van der Waals surface area contributed by atoms with Gasteiger partial charge in [0.2, 0.25) is 0 Å². The molecule has 2 nitrogen and oxygen atoms in total. The first-order valence-corrected chi connectivity index (χ1v) is 5.10. The minimum Gasteiger partial charge on any atom is -0.306 e. The van der Waals surface area contributed by atoms with Gasteiger partial charge in [-0.15, -0.1) is 0 Å². The van der Waals surface area contributed by atoms with Gasteiger partial charge in [0.15, 0.2) is 5.67 Å². The van der Waals surface area contributed by atoms with Crippen molar-refractivity contribution >= 4 is 0 Å². The average Bonchev–Trinajstić information content (AvgIpc) is 2.23. The summed E-state index contributed by atoms with van der Waals surface area (Å²) in [5, 5.41) is 0. The van der Waals surface area contributed by atoms with E-state index in [4.69, 9.17) is 0 Å². The van der Waals surface area contributed by atoms with Crippen LogP contribution in [-0.4, -0.2) is 30.0 Å². The number of nitrogens with zero attached hydrogens (tertiary/aromatic N) is 2. The molecule has 15 heavy (non-hydrogen) atoms. The van der Waals surface area contributed by atoms with Gasteiger partial charge >= 0.3 is 0 Å². The Morgan fingerprint density at radius 3 is 2.67 bits per heavy atom. The maximum atomic E-state index is 14.4. The van der Waals surface area contributed by atoms with Gasteiger partial charge in [0.1, 0.15) is 11.5 Å². The third-order valence-electron chi connectivity index (χ3n) is 2.96. The molecule has 1 aromatic rings. The maximum Gasteiger partial charge on any atom is 0.158 e. The van der Waals surface area contributed by atoms with Crippen LogP contribution in [0.25, 0.3) is 0 Å². The number of pyridine rings is 1. The van der Waals surface area contributed by atoms with E-state index in [1.54, 1.807) is 0 Å². The molecule has 0 unspecified atom stereocenters. The number of halogens is 2. The van der Waals surface area contributed by atoms with Crippen molar-refractivity contribution in [3.8, 4) is 0 Å². The molecule has 2 rings (SSSR count). The number of hydrogen-bond donors (Lipinski definition) is 0. The molecule has 4 heteroatoms. The second-order valence-electron chi connectivity index (χ2n) is 4.10. The number of rotatable bonds is 1. The summed E-state index contributed by atoms with van der Waals surface area (Å²) in [4.78, 5) is 5.87. The largest absolute Gasteiger partial charge is 0.306 e. The van der Waals surface area contributed by atoms with Crippen molar-refractivity contribution in [3.05, 3.63) is 29.8 Å². The Morgan fingerprint density at radius 1 is 1.40 bits per heavy atom. The first kappa shape index (κ1) is 10.5. The topological polar surface area (TPSA) is 16.1 Å². The van der Waals surface area contributed by atoms with Gasteiger partial charge in [0, 0.05) is 32.1 Å². The Bertz CT molecular complexity index is 346. The lowest BCUT2D eigenvalue weighted by molar-refractivity contribution is 0.0597. The molecule has 0 spiro atoms. The van der Waals surface area contributed by atoms with E-state index in [1.807, 2.05) is 11.9 Å². The second kappa shape index (κ2) is 3.85. The fourth-order valence-electron chi connectivity index (χ4n) is 1.93. The summed E-state index contributed by atoms with van der Waals surface area (Å²) < 4.78 is 27.8. The first-order valence-electron chi connectivity index (χ1n) is 5.10. The van der Waals surface area contributed by atoms with Crippen molar-refractivity contribution in [2.75, 3.05) is 20.1 Å². The molecule has 1 aromatic heterocycles. The van der Waals surface area contributed by atoms with Crippen LogP contribution < -0.4 is 0 Å². The Kier molecular flexibility index (Phi) is 2.69. The normalized spacial score (nSPS) is 21.5. The molecule has 0 amide bonds. The summed E-state index contributed by atoms with van der Waals surface area (Å²) in [7, 11) is 1.94. The van der Waals surface area contributed by atoms with Crippen LogP contribution in [0.15, 0.2) is 18.3 Å². The molecular weight excluding hydrogens is 198 g/mol. The van der Waals surface area contributed by atoms with E-state index in [0.29, 0.717) is 25.9 Å². The van der Waals surface area contributed by atoms with E-state index in [-0.39, 0.29) is 5.69 Å². The van der Waals surface area contributed by atoms with E-state index in [9.17, 15) is 8.78 Å². The summed E-state index contributed by atoms with van der Waals surface area (Å²) in [5.74, 6) is -0.537. The van der Waals surface area contributed by atoms with Gasteiger partial charge < -0.3 is 4.90 Å². The Labute approximate surface area is 87.9 Å². The zero-order valence-electron chi connectivity index (χ0n) is 8.71. The SMILES string of the molecule is CN1CCC(F)(c2ncccc2F)CC1. The van der Waals surface area contributed by atoms with Crippen molar-refractivity contribution in [1.82, 2.24) is 9.88 Å². The molecule has 0 radical (unpaired) electrons. The van der Waals surface area contributed by atoms with Crippen LogP contribution in [0.2, 0.25) is 0 Å². The molecular formula is C11H14F2N2. The molecule has 0 N–H and O–H groups in total. The molecule has 2 heterocycles. The lowest BCUT2D eigenvalue weighted by atomic mass is 9.89. The smallest absolute Gasteiger partial charge is 0.158 e. The van der Waals surface area contributed by atoms with Crippen LogP contribution in [0.5, 0.6) is 0 Å². The minimum atomic E-state index is -1.59. The summed E-state index contributed by atoms with van der Waals surface area (Å²) in [6.45, 7) is 1.29. The molecule has 0 aliphatic carbocycles. The van der Waals surface area contributed by atoms with Gasteiger partial charge in [-0.1, -0.05) is 0 Å². The molecule has 0 saturated carbocycles. The van der Waals surface area contributed by atoms with Crippen LogP contribution in [-0.2, 0) is 5.67 Å². The van der Waals surface area contributed by atoms with Gasteiger partial charge in [0.25, 0.3) is 0 Å². The van der Waals surface area contributed by atoms with Crippen LogP contribution in [0.1, 0.15) is 18.5 Å². The highest BCUT2D eigenvalue weighted by molar-refractivity contribution is 5.16. The zero-order chi connectivity index (χ0) is 10.9. The van der Waals surface area contributed by atoms with Crippen molar-refractivity contribution in [3.63, 3.8) is 0 Å². The van der Waals surface area contributed by atoms with Gasteiger partial charge in [0.05, 0.1) is 0 Å². The predicted octanol–water partition coefficient (Wildman–Crippen LogP) is 2.11. The Morgan fingerprint density at radius 2 is 2.07 bits per heavy atom.